The number of ketones is 1. The van der Waals surface area contributed by atoms with Gasteiger partial charge in [-0.15, -0.1) is 0 Å². The predicted molar refractivity (Wildman–Crippen MR) is 108 cm³/mol. The lowest BCUT2D eigenvalue weighted by atomic mass is 9.93. The highest BCUT2D eigenvalue weighted by molar-refractivity contribution is 6.52. The van der Waals surface area contributed by atoms with Crippen LogP contribution in [0.4, 0.5) is 0 Å². The van der Waals surface area contributed by atoms with Crippen LogP contribution in [0.5, 0.6) is 0 Å². The second kappa shape index (κ2) is 6.61. The monoisotopic (exact) mass is 336 g/mol. The smallest absolute Gasteiger partial charge is 0.195 e. The molecule has 0 spiro atoms. The zero-order valence-corrected chi connectivity index (χ0v) is 15.0. The summed E-state index contributed by atoms with van der Waals surface area (Å²) in [6.45, 7) is 4.13. The van der Waals surface area contributed by atoms with E-state index >= 15 is 0 Å². The number of benzene rings is 3. The summed E-state index contributed by atoms with van der Waals surface area (Å²) in [5.41, 5.74) is 7.91. The van der Waals surface area contributed by atoms with Gasteiger partial charge >= 0.3 is 0 Å². The minimum Gasteiger partial charge on any atom is -0.289 e. The molecule has 0 heterocycles. The van der Waals surface area contributed by atoms with Gasteiger partial charge < -0.3 is 0 Å². The van der Waals surface area contributed by atoms with Crippen LogP contribution in [0, 0.1) is 6.92 Å². The van der Waals surface area contributed by atoms with Crippen LogP contribution in [0.2, 0.25) is 0 Å². The number of hydrogen-bond donors (Lipinski definition) is 0. The first kappa shape index (κ1) is 16.3. The van der Waals surface area contributed by atoms with Crippen LogP contribution in [-0.4, -0.2) is 5.78 Å². The highest BCUT2D eigenvalue weighted by atomic mass is 16.1. The number of carbonyl (C=O) groups is 1. The van der Waals surface area contributed by atoms with Crippen molar-refractivity contribution in [3.05, 3.63) is 113 Å². The maximum absolute atomic E-state index is 13.5. The van der Waals surface area contributed by atoms with E-state index in [4.69, 9.17) is 0 Å². The van der Waals surface area contributed by atoms with Gasteiger partial charge in [-0.3, -0.25) is 4.79 Å². The minimum absolute atomic E-state index is 0.113. The molecule has 0 N–H and O–H groups in total. The van der Waals surface area contributed by atoms with Gasteiger partial charge in [-0.05, 0) is 47.2 Å². The van der Waals surface area contributed by atoms with Crippen LogP contribution >= 0.6 is 0 Å². The molecule has 0 unspecified atom stereocenters. The lowest BCUT2D eigenvalue weighted by molar-refractivity contribution is -0.108. The summed E-state index contributed by atoms with van der Waals surface area (Å²) in [6, 6.07) is 28.3. The van der Waals surface area contributed by atoms with E-state index in [9.17, 15) is 4.79 Å². The topological polar surface area (TPSA) is 17.1 Å². The number of Topliss-reactive ketones (excluding diaryl/α,β-unsaturated/α-hetero) is 1. The zero-order chi connectivity index (χ0) is 18.1. The summed E-state index contributed by atoms with van der Waals surface area (Å²) in [7, 11) is 0. The quantitative estimate of drug-likeness (QED) is 0.576. The Balaban J connectivity index is 1.99. The van der Waals surface area contributed by atoms with Gasteiger partial charge in [0, 0.05) is 11.1 Å². The molecule has 26 heavy (non-hydrogen) atoms. The summed E-state index contributed by atoms with van der Waals surface area (Å²) in [4.78, 5) is 13.5. The van der Waals surface area contributed by atoms with Gasteiger partial charge in [-0.25, -0.2) is 0 Å². The molecule has 4 rings (SSSR count). The molecule has 3 aromatic rings. The Morgan fingerprint density at radius 1 is 0.538 bits per heavy atom. The molecule has 0 atom stereocenters. The predicted octanol–water partition coefficient (Wildman–Crippen LogP) is 5.96. The third-order valence-corrected chi connectivity index (χ3v) is 4.99. The summed E-state index contributed by atoms with van der Waals surface area (Å²) in [5, 5.41) is 0. The van der Waals surface area contributed by atoms with Crippen LogP contribution in [-0.2, 0) is 4.79 Å². The first-order valence-corrected chi connectivity index (χ1v) is 8.85. The molecule has 1 aliphatic rings. The number of allylic oxidation sites excluding steroid dienone is 4. The first-order valence-electron chi connectivity index (χ1n) is 8.85. The molecule has 0 aliphatic heterocycles. The molecule has 0 saturated heterocycles. The van der Waals surface area contributed by atoms with Crippen molar-refractivity contribution in [3.63, 3.8) is 0 Å². The Labute approximate surface area is 154 Å². The van der Waals surface area contributed by atoms with Crippen molar-refractivity contribution < 1.29 is 4.79 Å². The molecule has 0 fully saturated rings. The largest absolute Gasteiger partial charge is 0.289 e. The van der Waals surface area contributed by atoms with Crippen LogP contribution in [0.1, 0.15) is 29.2 Å². The summed E-state index contributed by atoms with van der Waals surface area (Å²) in [6.07, 6.45) is 0. The van der Waals surface area contributed by atoms with Gasteiger partial charge in [-0.2, -0.15) is 0 Å². The van der Waals surface area contributed by atoms with E-state index in [1.54, 1.807) is 0 Å². The summed E-state index contributed by atoms with van der Waals surface area (Å²) >= 11 is 0. The van der Waals surface area contributed by atoms with Gasteiger partial charge in [0.05, 0.1) is 0 Å². The van der Waals surface area contributed by atoms with Crippen molar-refractivity contribution in [1.82, 2.24) is 0 Å². The Hall–Kier alpha value is -3.19. The van der Waals surface area contributed by atoms with E-state index in [-0.39, 0.29) is 5.78 Å². The van der Waals surface area contributed by atoms with Crippen molar-refractivity contribution in [2.45, 2.75) is 13.8 Å². The van der Waals surface area contributed by atoms with Crippen molar-refractivity contribution in [1.29, 1.82) is 0 Å². The van der Waals surface area contributed by atoms with Crippen molar-refractivity contribution in [3.8, 4) is 0 Å². The van der Waals surface area contributed by atoms with E-state index < -0.39 is 0 Å². The fourth-order valence-corrected chi connectivity index (χ4v) is 3.74. The maximum atomic E-state index is 13.5. The molecule has 0 radical (unpaired) electrons. The molecule has 0 aromatic heterocycles. The molecule has 0 amide bonds. The average Bonchev–Trinajstić information content (AvgIpc) is 2.94. The van der Waals surface area contributed by atoms with E-state index in [0.29, 0.717) is 0 Å². The van der Waals surface area contributed by atoms with E-state index in [2.05, 4.69) is 32.0 Å². The number of hydrogen-bond acceptors (Lipinski definition) is 1. The second-order valence-corrected chi connectivity index (χ2v) is 6.63. The molecule has 1 aliphatic carbocycles. The van der Waals surface area contributed by atoms with Gasteiger partial charge in [0.25, 0.3) is 0 Å². The fourth-order valence-electron chi connectivity index (χ4n) is 3.74. The molecule has 0 saturated carbocycles. The molecule has 1 nitrogen and oxygen atoms in total. The first-order chi connectivity index (χ1) is 12.7. The normalized spacial score (nSPS) is 14.3. The molecular weight excluding hydrogens is 316 g/mol. The van der Waals surface area contributed by atoms with E-state index in [1.807, 2.05) is 66.7 Å². The van der Waals surface area contributed by atoms with Crippen molar-refractivity contribution in [2.75, 3.05) is 0 Å². The third-order valence-electron chi connectivity index (χ3n) is 4.99. The Bertz CT molecular complexity index is 1040. The van der Waals surface area contributed by atoms with Crippen LogP contribution in [0.15, 0.2) is 90.5 Å². The highest BCUT2D eigenvalue weighted by Crippen LogP contribution is 2.45. The van der Waals surface area contributed by atoms with Gasteiger partial charge in [0.1, 0.15) is 0 Å². The van der Waals surface area contributed by atoms with Gasteiger partial charge in [0.15, 0.2) is 5.78 Å². The van der Waals surface area contributed by atoms with Crippen LogP contribution in [0.3, 0.4) is 0 Å². The maximum Gasteiger partial charge on any atom is 0.195 e. The number of rotatable bonds is 3. The number of carbonyl (C=O) groups excluding carboxylic acids is 1. The molecule has 126 valence electrons. The summed E-state index contributed by atoms with van der Waals surface area (Å²) < 4.78 is 0. The minimum atomic E-state index is 0.113. The van der Waals surface area contributed by atoms with Gasteiger partial charge in [-0.1, -0.05) is 84.9 Å². The Morgan fingerprint density at radius 3 is 1.62 bits per heavy atom. The SMILES string of the molecule is CC1=C(c2ccccc2C)C(=O)C(c2ccccc2)=C1c1ccccc1. The molecule has 1 heteroatoms. The van der Waals surface area contributed by atoms with E-state index in [0.717, 1.165) is 44.5 Å². The average molecular weight is 336 g/mol. The second-order valence-electron chi connectivity index (χ2n) is 6.63. The Kier molecular flexibility index (Phi) is 4.14. The lowest BCUT2D eigenvalue weighted by Gasteiger charge is -2.09. The zero-order valence-electron chi connectivity index (χ0n) is 15.0. The van der Waals surface area contributed by atoms with Crippen molar-refractivity contribution >= 4 is 22.5 Å². The van der Waals surface area contributed by atoms with Crippen LogP contribution < -0.4 is 0 Å². The molecular formula is C25H20O. The number of aryl methyl sites for hydroxylation is 1. The highest BCUT2D eigenvalue weighted by Gasteiger charge is 2.32. The van der Waals surface area contributed by atoms with Crippen molar-refractivity contribution in [2.24, 2.45) is 0 Å². The van der Waals surface area contributed by atoms with Crippen LogP contribution in [0.25, 0.3) is 16.7 Å². The lowest BCUT2D eigenvalue weighted by Crippen LogP contribution is -2.03. The summed E-state index contributed by atoms with van der Waals surface area (Å²) in [5.74, 6) is 0.113. The molecule has 3 aromatic carbocycles. The van der Waals surface area contributed by atoms with Gasteiger partial charge in [0.2, 0.25) is 0 Å². The standard InChI is InChI=1S/C25H20O/c1-17-11-9-10-16-21(17)23-18(2)22(19-12-5-3-6-13-19)24(25(23)26)20-14-7-4-8-15-20/h3-16H,1-2H3. The molecule has 0 bridgehead atoms. The fraction of sp³-hybridized carbons (Fsp3) is 0.0800. The third kappa shape index (κ3) is 2.62. The Morgan fingerprint density at radius 2 is 1.04 bits per heavy atom. The van der Waals surface area contributed by atoms with E-state index in [1.165, 1.54) is 0 Å².